The van der Waals surface area contributed by atoms with Gasteiger partial charge in [-0.3, -0.25) is 4.90 Å². The number of methoxy groups -OCH3 is 1. The fraction of sp³-hybridized carbons (Fsp3) is 0.538. The van der Waals surface area contributed by atoms with Crippen molar-refractivity contribution in [2.75, 3.05) is 39.9 Å². The van der Waals surface area contributed by atoms with Crippen molar-refractivity contribution in [3.05, 3.63) is 59.7 Å². The molecule has 2 aromatic rings. The van der Waals surface area contributed by atoms with Crippen molar-refractivity contribution in [1.82, 2.24) is 9.80 Å². The number of benzene rings is 2. The van der Waals surface area contributed by atoms with Crippen LogP contribution >= 0.6 is 0 Å². The van der Waals surface area contributed by atoms with Crippen molar-refractivity contribution in [2.45, 2.75) is 51.1 Å². The third-order valence-electron chi connectivity index (χ3n) is 6.79. The molecule has 2 heterocycles. The molecule has 2 aliphatic heterocycles. The molecular weight excluding hydrogens is 356 g/mol. The maximum atomic E-state index is 5.64. The molecule has 3 nitrogen and oxygen atoms in total. The summed E-state index contributed by atoms with van der Waals surface area (Å²) < 4.78 is 5.64. The number of hydrogen-bond acceptors (Lipinski definition) is 3. The molecule has 2 aliphatic rings. The van der Waals surface area contributed by atoms with Gasteiger partial charge in [0, 0.05) is 31.7 Å². The van der Waals surface area contributed by atoms with Crippen LogP contribution in [0.15, 0.2) is 48.5 Å². The molecule has 0 aromatic heterocycles. The summed E-state index contributed by atoms with van der Waals surface area (Å²) in [6.45, 7) is 10.2. The highest BCUT2D eigenvalue weighted by Gasteiger charge is 2.49. The van der Waals surface area contributed by atoms with Crippen molar-refractivity contribution in [3.8, 4) is 11.1 Å². The minimum absolute atomic E-state index is 0.511. The minimum Gasteiger partial charge on any atom is -0.383 e. The lowest BCUT2D eigenvalue weighted by molar-refractivity contribution is -0.0716. The Morgan fingerprint density at radius 1 is 1.00 bits per heavy atom. The molecule has 3 heteroatoms. The first-order valence-electron chi connectivity index (χ1n) is 11.3. The number of rotatable bonds is 6. The minimum atomic E-state index is 0.511. The van der Waals surface area contributed by atoms with E-state index in [0.29, 0.717) is 18.0 Å². The van der Waals surface area contributed by atoms with Gasteiger partial charge in [0.1, 0.15) is 0 Å². The number of aryl methyl sites for hydroxylation is 1. The van der Waals surface area contributed by atoms with E-state index in [-0.39, 0.29) is 0 Å². The molecule has 3 atom stereocenters. The molecule has 0 radical (unpaired) electrons. The molecule has 29 heavy (non-hydrogen) atoms. The zero-order valence-electron chi connectivity index (χ0n) is 18.3. The van der Waals surface area contributed by atoms with Crippen LogP contribution in [0.3, 0.4) is 0 Å². The number of nitrogens with zero attached hydrogens (tertiary/aromatic N) is 2. The molecular formula is C26H36N2O. The van der Waals surface area contributed by atoms with Gasteiger partial charge in [-0.05, 0) is 62.5 Å². The van der Waals surface area contributed by atoms with E-state index in [4.69, 9.17) is 4.74 Å². The van der Waals surface area contributed by atoms with Gasteiger partial charge in [-0.25, -0.2) is 0 Å². The third kappa shape index (κ3) is 4.42. The summed E-state index contributed by atoms with van der Waals surface area (Å²) >= 11 is 0. The van der Waals surface area contributed by atoms with Crippen LogP contribution in [0.4, 0.5) is 0 Å². The highest BCUT2D eigenvalue weighted by atomic mass is 16.5. The van der Waals surface area contributed by atoms with Crippen molar-refractivity contribution in [3.63, 3.8) is 0 Å². The Bertz CT molecular complexity index is 788. The molecule has 0 aliphatic carbocycles. The van der Waals surface area contributed by atoms with Crippen LogP contribution < -0.4 is 0 Å². The topological polar surface area (TPSA) is 15.7 Å². The van der Waals surface area contributed by atoms with Crippen LogP contribution in [0, 0.1) is 6.92 Å². The Kier molecular flexibility index (Phi) is 6.69. The standard InChI is InChI=1S/C26H36N2O/c1-4-14-27-15-5-6-16-28-24(18-27)26(25(28)19-29-3)22-12-10-21(11-13-22)23-9-7-8-20(2)17-23/h7-13,17,24-26H,4-6,14-16,18-19H2,1-3H3/t24-,25+,26-/m0/s1. The Morgan fingerprint density at radius 3 is 2.52 bits per heavy atom. The second-order valence-electron chi connectivity index (χ2n) is 8.85. The maximum absolute atomic E-state index is 5.64. The Morgan fingerprint density at radius 2 is 1.79 bits per heavy atom. The van der Waals surface area contributed by atoms with Crippen LogP contribution in [0.2, 0.25) is 0 Å². The van der Waals surface area contributed by atoms with E-state index in [9.17, 15) is 0 Å². The van der Waals surface area contributed by atoms with Gasteiger partial charge in [0.05, 0.1) is 6.61 Å². The molecule has 0 spiro atoms. The summed E-state index contributed by atoms with van der Waals surface area (Å²) in [6, 6.07) is 19.3. The third-order valence-corrected chi connectivity index (χ3v) is 6.79. The van der Waals surface area contributed by atoms with Crippen molar-refractivity contribution < 1.29 is 4.74 Å². The first kappa shape index (κ1) is 20.6. The van der Waals surface area contributed by atoms with Gasteiger partial charge in [-0.2, -0.15) is 0 Å². The molecule has 0 unspecified atom stereocenters. The lowest BCUT2D eigenvalue weighted by Gasteiger charge is -2.57. The molecule has 0 amide bonds. The summed E-state index contributed by atoms with van der Waals surface area (Å²) in [5.41, 5.74) is 5.40. The van der Waals surface area contributed by atoms with Crippen LogP contribution in [-0.4, -0.2) is 61.8 Å². The molecule has 2 saturated heterocycles. The fourth-order valence-electron chi connectivity index (χ4n) is 5.41. The first-order valence-corrected chi connectivity index (χ1v) is 11.3. The fourth-order valence-corrected chi connectivity index (χ4v) is 5.41. The second kappa shape index (κ2) is 9.42. The van der Waals surface area contributed by atoms with E-state index in [0.717, 1.165) is 6.61 Å². The molecule has 0 N–H and O–H groups in total. The van der Waals surface area contributed by atoms with E-state index >= 15 is 0 Å². The van der Waals surface area contributed by atoms with E-state index in [1.807, 2.05) is 7.11 Å². The van der Waals surface area contributed by atoms with E-state index in [1.165, 1.54) is 67.7 Å². The van der Waals surface area contributed by atoms with E-state index < -0.39 is 0 Å². The first-order chi connectivity index (χ1) is 14.2. The van der Waals surface area contributed by atoms with Gasteiger partial charge in [-0.1, -0.05) is 61.0 Å². The maximum Gasteiger partial charge on any atom is 0.0624 e. The summed E-state index contributed by atoms with van der Waals surface area (Å²) in [4.78, 5) is 5.42. The smallest absolute Gasteiger partial charge is 0.0624 e. The average Bonchev–Trinajstić information content (AvgIpc) is 2.71. The Hall–Kier alpha value is -1.68. The number of hydrogen-bond donors (Lipinski definition) is 0. The SMILES string of the molecule is CCCN1CCCCN2[C@H](COC)[C@@H](c3ccc(-c4cccc(C)c4)cc3)[C@@H]2C1. The lowest BCUT2D eigenvalue weighted by Crippen LogP contribution is -2.67. The monoisotopic (exact) mass is 392 g/mol. The summed E-state index contributed by atoms with van der Waals surface area (Å²) in [5.74, 6) is 0.568. The lowest BCUT2D eigenvalue weighted by atomic mass is 9.74. The number of ether oxygens (including phenoxy) is 1. The van der Waals surface area contributed by atoms with Crippen molar-refractivity contribution in [2.24, 2.45) is 0 Å². The summed E-state index contributed by atoms with van der Waals surface area (Å²) in [7, 11) is 1.85. The Labute approximate surface area is 176 Å². The molecule has 2 fully saturated rings. The van der Waals surface area contributed by atoms with Gasteiger partial charge < -0.3 is 9.64 Å². The zero-order chi connectivity index (χ0) is 20.2. The van der Waals surface area contributed by atoms with Crippen LogP contribution in [0.1, 0.15) is 43.2 Å². The highest BCUT2D eigenvalue weighted by molar-refractivity contribution is 5.64. The molecule has 4 rings (SSSR count). The summed E-state index contributed by atoms with van der Waals surface area (Å²) in [5, 5.41) is 0. The predicted octanol–water partition coefficient (Wildman–Crippen LogP) is 4.95. The normalized spacial score (nSPS) is 25.7. The van der Waals surface area contributed by atoms with Gasteiger partial charge in [-0.15, -0.1) is 0 Å². The average molecular weight is 393 g/mol. The van der Waals surface area contributed by atoms with Crippen molar-refractivity contribution in [1.29, 1.82) is 0 Å². The molecule has 0 saturated carbocycles. The van der Waals surface area contributed by atoms with Crippen LogP contribution in [0.25, 0.3) is 11.1 Å². The predicted molar refractivity (Wildman–Crippen MR) is 121 cm³/mol. The van der Waals surface area contributed by atoms with Crippen LogP contribution in [0.5, 0.6) is 0 Å². The number of fused-ring (bicyclic) bond motifs is 1. The van der Waals surface area contributed by atoms with Gasteiger partial charge in [0.25, 0.3) is 0 Å². The second-order valence-corrected chi connectivity index (χ2v) is 8.85. The van der Waals surface area contributed by atoms with Crippen LogP contribution in [-0.2, 0) is 4.74 Å². The van der Waals surface area contributed by atoms with E-state index in [2.05, 4.69) is 72.2 Å². The highest BCUT2D eigenvalue weighted by Crippen LogP contribution is 2.42. The van der Waals surface area contributed by atoms with Crippen molar-refractivity contribution >= 4 is 0 Å². The van der Waals surface area contributed by atoms with Gasteiger partial charge in [0.15, 0.2) is 0 Å². The van der Waals surface area contributed by atoms with Gasteiger partial charge >= 0.3 is 0 Å². The zero-order valence-corrected chi connectivity index (χ0v) is 18.3. The van der Waals surface area contributed by atoms with Gasteiger partial charge in [0.2, 0.25) is 0 Å². The molecule has 156 valence electrons. The molecule has 2 aromatic carbocycles. The van der Waals surface area contributed by atoms with E-state index in [1.54, 1.807) is 0 Å². The largest absolute Gasteiger partial charge is 0.383 e. The quantitative estimate of drug-likeness (QED) is 0.692. The Balaban J connectivity index is 1.57. The molecule has 0 bridgehead atoms. The summed E-state index contributed by atoms with van der Waals surface area (Å²) in [6.07, 6.45) is 3.86.